The maximum absolute atomic E-state index is 12.9. The molecule has 0 radical (unpaired) electrons. The molecule has 5 nitrogen and oxygen atoms in total. The Kier molecular flexibility index (Phi) is 8.63. The van der Waals surface area contributed by atoms with E-state index in [0.29, 0.717) is 45.6 Å². The monoisotopic (exact) mass is 513 g/mol. The molecule has 1 aliphatic carbocycles. The first-order chi connectivity index (χ1) is 17.9. The molecule has 0 saturated carbocycles. The first kappa shape index (κ1) is 26.4. The van der Waals surface area contributed by atoms with E-state index in [1.54, 1.807) is 18.2 Å². The molecule has 1 heterocycles. The average Bonchev–Trinajstić information content (AvgIpc) is 3.33. The number of hydrogen-bond acceptors (Lipinski definition) is 4. The number of oxazole rings is 1. The number of allylic oxidation sites excluding steroid dienone is 5. The van der Waals surface area contributed by atoms with Gasteiger partial charge in [0.2, 0.25) is 5.89 Å². The molecule has 2 aromatic carbocycles. The van der Waals surface area contributed by atoms with Crippen LogP contribution in [-0.2, 0) is 0 Å². The summed E-state index contributed by atoms with van der Waals surface area (Å²) in [6, 6.07) is 13.1. The summed E-state index contributed by atoms with van der Waals surface area (Å²) in [5, 5.41) is 13.2. The Labute approximate surface area is 223 Å². The first-order valence-corrected chi connectivity index (χ1v) is 13.2. The highest BCUT2D eigenvalue weighted by molar-refractivity contribution is 6.32. The topological polar surface area (TPSA) is 78.9 Å². The summed E-state index contributed by atoms with van der Waals surface area (Å²) in [5.74, 6) is 0.931. The van der Waals surface area contributed by atoms with Gasteiger partial charge in [-0.05, 0) is 92.0 Å². The van der Waals surface area contributed by atoms with Crippen molar-refractivity contribution < 1.29 is 9.21 Å². The molecule has 0 fully saturated rings. The van der Waals surface area contributed by atoms with Crippen LogP contribution < -0.4 is 5.32 Å². The lowest BCUT2D eigenvalue weighted by Crippen LogP contribution is -2.29. The lowest BCUT2D eigenvalue weighted by molar-refractivity contribution is 0.0945. The number of rotatable bonds is 5. The van der Waals surface area contributed by atoms with E-state index in [-0.39, 0.29) is 11.8 Å². The Morgan fingerprint density at radius 3 is 2.78 bits per heavy atom. The van der Waals surface area contributed by atoms with Crippen molar-refractivity contribution in [1.82, 2.24) is 10.3 Å². The van der Waals surface area contributed by atoms with Crippen LogP contribution in [0.25, 0.3) is 22.6 Å². The molecule has 1 aliphatic rings. The van der Waals surface area contributed by atoms with Crippen LogP contribution in [0.3, 0.4) is 0 Å². The number of aromatic nitrogens is 1. The number of fused-ring (bicyclic) bond motifs is 1. The third-order valence-electron chi connectivity index (χ3n) is 6.77. The number of nitrogens with zero attached hydrogens (tertiary/aromatic N) is 2. The Hall–Kier alpha value is -3.62. The number of hydrogen-bond donors (Lipinski definition) is 1. The zero-order valence-electron chi connectivity index (χ0n) is 21.4. The Morgan fingerprint density at radius 1 is 1.27 bits per heavy atom. The molecule has 1 atom stereocenters. The maximum atomic E-state index is 12.9. The van der Waals surface area contributed by atoms with Gasteiger partial charge in [-0.1, -0.05) is 44.2 Å². The largest absolute Gasteiger partial charge is 0.436 e. The fourth-order valence-corrected chi connectivity index (χ4v) is 4.68. The molecule has 0 bridgehead atoms. The normalized spacial score (nSPS) is 19.1. The number of benzene rings is 2. The second-order valence-electron chi connectivity index (χ2n) is 9.87. The molecule has 6 heteroatoms. The van der Waals surface area contributed by atoms with Gasteiger partial charge < -0.3 is 9.73 Å². The van der Waals surface area contributed by atoms with Crippen LogP contribution in [0.5, 0.6) is 0 Å². The molecule has 1 unspecified atom stereocenters. The highest BCUT2D eigenvalue weighted by atomic mass is 35.5. The Balaban J connectivity index is 1.43. The number of amides is 1. The van der Waals surface area contributed by atoms with Gasteiger partial charge in [0.05, 0.1) is 11.6 Å². The van der Waals surface area contributed by atoms with Crippen molar-refractivity contribution in [2.45, 2.75) is 51.9 Å². The van der Waals surface area contributed by atoms with Gasteiger partial charge in [-0.15, -0.1) is 0 Å². The van der Waals surface area contributed by atoms with Crippen molar-refractivity contribution in [3.05, 3.63) is 88.5 Å². The summed E-state index contributed by atoms with van der Waals surface area (Å²) in [6.45, 7) is 8.83. The highest BCUT2D eigenvalue weighted by Gasteiger charge is 2.17. The maximum Gasteiger partial charge on any atom is 0.251 e. The van der Waals surface area contributed by atoms with Crippen molar-refractivity contribution in [2.24, 2.45) is 5.92 Å². The minimum Gasteiger partial charge on any atom is -0.436 e. The van der Waals surface area contributed by atoms with Crippen LogP contribution >= 0.6 is 11.6 Å². The average molecular weight is 514 g/mol. The molecule has 4 rings (SSSR count). The summed E-state index contributed by atoms with van der Waals surface area (Å²) < 4.78 is 6.09. The van der Waals surface area contributed by atoms with Gasteiger partial charge in [-0.25, -0.2) is 4.98 Å². The number of nitriles is 1. The summed E-state index contributed by atoms with van der Waals surface area (Å²) in [5.41, 5.74) is 5.18. The summed E-state index contributed by atoms with van der Waals surface area (Å²) in [7, 11) is 0. The second kappa shape index (κ2) is 12.1. The molecule has 190 valence electrons. The van der Waals surface area contributed by atoms with Crippen molar-refractivity contribution in [3.63, 3.8) is 0 Å². The lowest BCUT2D eigenvalue weighted by Gasteiger charge is -2.18. The number of halogens is 1. The fraction of sp³-hybridized carbons (Fsp3) is 0.323. The van der Waals surface area contributed by atoms with Gasteiger partial charge in [-0.2, -0.15) is 5.26 Å². The summed E-state index contributed by atoms with van der Waals surface area (Å²) in [6.07, 6.45) is 10.9. The van der Waals surface area contributed by atoms with Gasteiger partial charge in [0.1, 0.15) is 5.52 Å². The summed E-state index contributed by atoms with van der Waals surface area (Å²) >= 11 is 6.31. The quantitative estimate of drug-likeness (QED) is 0.374. The number of nitrogens with one attached hydrogen (secondary N) is 1. The van der Waals surface area contributed by atoms with E-state index >= 15 is 0 Å². The van der Waals surface area contributed by atoms with E-state index in [0.717, 1.165) is 48.8 Å². The Bertz CT molecular complexity index is 1390. The van der Waals surface area contributed by atoms with E-state index in [9.17, 15) is 10.1 Å². The molecule has 1 amide bonds. The van der Waals surface area contributed by atoms with Gasteiger partial charge in [0, 0.05) is 28.3 Å². The van der Waals surface area contributed by atoms with Crippen molar-refractivity contribution in [2.75, 3.05) is 6.54 Å². The number of carbonyl (C=O) groups excluding carboxylic acids is 1. The van der Waals surface area contributed by atoms with Gasteiger partial charge >= 0.3 is 0 Å². The van der Waals surface area contributed by atoms with E-state index in [1.165, 1.54) is 0 Å². The molecular formula is C31H32ClN3O2. The lowest BCUT2D eigenvalue weighted by atomic mass is 9.94. The van der Waals surface area contributed by atoms with Gasteiger partial charge in [-0.3, -0.25) is 4.79 Å². The predicted octanol–water partition coefficient (Wildman–Crippen LogP) is 8.04. The minimum atomic E-state index is -0.101. The fourth-order valence-electron chi connectivity index (χ4n) is 4.52. The zero-order chi connectivity index (χ0) is 26.4. The Morgan fingerprint density at radius 2 is 2.05 bits per heavy atom. The second-order valence-corrected chi connectivity index (χ2v) is 10.3. The SMILES string of the molecule is C=C1CCC(CNC(=O)c2ccc(-c3nc4cc(C#N)cc(C(C)C)c4o3)cc2)CCC/C=C\C=C/1Cl. The molecule has 0 aliphatic heterocycles. The zero-order valence-corrected chi connectivity index (χ0v) is 22.1. The minimum absolute atomic E-state index is 0.101. The van der Waals surface area contributed by atoms with Crippen LogP contribution in [0.15, 0.2) is 76.2 Å². The molecule has 1 N–H and O–H groups in total. The standard InChI is InChI=1S/C31H32ClN3O2/c1-20(2)26-16-23(18-33)17-28-29(26)37-31(35-28)25-14-12-24(13-15-25)30(36)34-19-22-8-6-4-5-7-9-27(32)21(3)10-11-22/h5,7,9,12-17,20,22H,3-4,6,8,10-11,19H2,1-2H3,(H,34,36)/b7-5-,27-9+. The molecule has 3 aromatic rings. The molecule has 37 heavy (non-hydrogen) atoms. The van der Waals surface area contributed by atoms with Crippen LogP contribution in [0.1, 0.15) is 73.4 Å². The third kappa shape index (κ3) is 6.58. The third-order valence-corrected chi connectivity index (χ3v) is 7.16. The van der Waals surface area contributed by atoms with E-state index in [1.807, 2.05) is 30.4 Å². The van der Waals surface area contributed by atoms with Crippen LogP contribution in [0.4, 0.5) is 0 Å². The van der Waals surface area contributed by atoms with Crippen molar-refractivity contribution >= 4 is 28.6 Å². The van der Waals surface area contributed by atoms with E-state index < -0.39 is 0 Å². The van der Waals surface area contributed by atoms with Crippen LogP contribution in [-0.4, -0.2) is 17.4 Å². The van der Waals surface area contributed by atoms with Crippen LogP contribution in [0.2, 0.25) is 0 Å². The van der Waals surface area contributed by atoms with Crippen LogP contribution in [0, 0.1) is 17.2 Å². The van der Waals surface area contributed by atoms with Crippen molar-refractivity contribution in [1.29, 1.82) is 5.26 Å². The molecule has 0 spiro atoms. The summed E-state index contributed by atoms with van der Waals surface area (Å²) in [4.78, 5) is 17.5. The predicted molar refractivity (Wildman–Crippen MR) is 149 cm³/mol. The van der Waals surface area contributed by atoms with Gasteiger partial charge in [0.25, 0.3) is 5.91 Å². The smallest absolute Gasteiger partial charge is 0.251 e. The molecule has 1 aromatic heterocycles. The number of carbonyl (C=O) groups is 1. The molecular weight excluding hydrogens is 482 g/mol. The van der Waals surface area contributed by atoms with Gasteiger partial charge in [0.15, 0.2) is 5.58 Å². The van der Waals surface area contributed by atoms with E-state index in [2.05, 4.69) is 42.9 Å². The molecule has 0 saturated heterocycles. The first-order valence-electron chi connectivity index (χ1n) is 12.8. The highest BCUT2D eigenvalue weighted by Crippen LogP contribution is 2.31. The van der Waals surface area contributed by atoms with E-state index in [4.69, 9.17) is 16.0 Å². The van der Waals surface area contributed by atoms with Crippen molar-refractivity contribution in [3.8, 4) is 17.5 Å².